The van der Waals surface area contributed by atoms with Gasteiger partial charge in [-0.2, -0.15) is 4.31 Å². The number of anilines is 1. The third-order valence-corrected chi connectivity index (χ3v) is 8.50. The number of hydrogen-bond acceptors (Lipinski definition) is 7. The normalized spacial score (nSPS) is 15.1. The largest absolute Gasteiger partial charge is 0.344 e. The van der Waals surface area contributed by atoms with Crippen LogP contribution in [-0.2, 0) is 10.0 Å². The van der Waals surface area contributed by atoms with Gasteiger partial charge in [0.25, 0.3) is 5.91 Å². The molecular formula is C21H25N5O3S2. The van der Waals surface area contributed by atoms with Crippen molar-refractivity contribution in [2.75, 3.05) is 44.2 Å². The maximum absolute atomic E-state index is 13.0. The van der Waals surface area contributed by atoms with Crippen LogP contribution in [0.2, 0.25) is 0 Å². The van der Waals surface area contributed by atoms with Gasteiger partial charge >= 0.3 is 0 Å². The molecule has 0 aliphatic carbocycles. The lowest BCUT2D eigenvalue weighted by molar-refractivity contribution is 0.0746. The highest BCUT2D eigenvalue weighted by Gasteiger charge is 2.26. The topological polar surface area (TPSA) is 86.7 Å². The molecule has 1 aromatic carbocycles. The van der Waals surface area contributed by atoms with E-state index in [1.54, 1.807) is 54.5 Å². The molecule has 1 amide bonds. The van der Waals surface area contributed by atoms with Crippen LogP contribution in [0.4, 0.5) is 5.13 Å². The average molecular weight is 460 g/mol. The van der Waals surface area contributed by atoms with Gasteiger partial charge in [0.15, 0.2) is 5.13 Å². The molecule has 0 radical (unpaired) electrons. The highest BCUT2D eigenvalue weighted by molar-refractivity contribution is 7.89. The average Bonchev–Trinajstić information content (AvgIpc) is 3.24. The van der Waals surface area contributed by atoms with Gasteiger partial charge in [-0.15, -0.1) is 0 Å². The van der Waals surface area contributed by atoms with Gasteiger partial charge in [0, 0.05) is 51.0 Å². The van der Waals surface area contributed by atoms with Crippen LogP contribution in [0, 0.1) is 0 Å². The zero-order valence-corrected chi connectivity index (χ0v) is 19.2. The number of pyridine rings is 1. The summed E-state index contributed by atoms with van der Waals surface area (Å²) in [6.45, 7) is 6.82. The molecular weight excluding hydrogens is 434 g/mol. The first kappa shape index (κ1) is 21.7. The van der Waals surface area contributed by atoms with Crippen molar-refractivity contribution >= 4 is 42.7 Å². The predicted molar refractivity (Wildman–Crippen MR) is 122 cm³/mol. The third kappa shape index (κ3) is 4.28. The van der Waals surface area contributed by atoms with E-state index in [1.807, 2.05) is 12.1 Å². The molecule has 8 nitrogen and oxygen atoms in total. The van der Waals surface area contributed by atoms with Gasteiger partial charge in [-0.05, 0) is 30.3 Å². The molecule has 2 aromatic heterocycles. The summed E-state index contributed by atoms with van der Waals surface area (Å²) in [6, 6.07) is 10.2. The Morgan fingerprint density at radius 1 is 1.10 bits per heavy atom. The Hall–Kier alpha value is -2.56. The van der Waals surface area contributed by atoms with Gasteiger partial charge < -0.3 is 9.80 Å². The van der Waals surface area contributed by atoms with Gasteiger partial charge in [-0.25, -0.2) is 18.4 Å². The monoisotopic (exact) mass is 459 g/mol. The first-order valence-corrected chi connectivity index (χ1v) is 12.6. The number of amides is 1. The van der Waals surface area contributed by atoms with Crippen LogP contribution in [0.3, 0.4) is 0 Å². The smallest absolute Gasteiger partial charge is 0.254 e. The van der Waals surface area contributed by atoms with Crippen LogP contribution in [0.5, 0.6) is 0 Å². The van der Waals surface area contributed by atoms with E-state index in [9.17, 15) is 13.2 Å². The van der Waals surface area contributed by atoms with Crippen LogP contribution in [0.15, 0.2) is 47.5 Å². The Labute approximate surface area is 186 Å². The van der Waals surface area contributed by atoms with Gasteiger partial charge in [0.2, 0.25) is 10.0 Å². The second kappa shape index (κ2) is 8.89. The zero-order chi connectivity index (χ0) is 22.0. The molecule has 31 heavy (non-hydrogen) atoms. The van der Waals surface area contributed by atoms with Crippen LogP contribution < -0.4 is 4.90 Å². The zero-order valence-electron chi connectivity index (χ0n) is 17.6. The Morgan fingerprint density at radius 2 is 1.84 bits per heavy atom. The molecule has 0 N–H and O–H groups in total. The molecule has 1 aliphatic heterocycles. The minimum Gasteiger partial charge on any atom is -0.344 e. The molecule has 4 rings (SSSR count). The highest BCUT2D eigenvalue weighted by Crippen LogP contribution is 2.28. The van der Waals surface area contributed by atoms with Gasteiger partial charge in [0.05, 0.1) is 4.90 Å². The second-order valence-electron chi connectivity index (χ2n) is 7.22. The second-order valence-corrected chi connectivity index (χ2v) is 10.1. The van der Waals surface area contributed by atoms with Gasteiger partial charge in [-0.3, -0.25) is 4.79 Å². The third-order valence-electron chi connectivity index (χ3n) is 5.42. The number of nitrogens with zero attached hydrogens (tertiary/aromatic N) is 5. The maximum atomic E-state index is 13.0. The van der Waals surface area contributed by atoms with Crippen molar-refractivity contribution in [3.8, 4) is 0 Å². The molecule has 3 heterocycles. The molecule has 0 saturated carbocycles. The number of hydrogen-bond donors (Lipinski definition) is 0. The summed E-state index contributed by atoms with van der Waals surface area (Å²) < 4.78 is 27.0. The molecule has 1 saturated heterocycles. The van der Waals surface area contributed by atoms with Crippen molar-refractivity contribution < 1.29 is 13.2 Å². The Balaban J connectivity index is 1.46. The SMILES string of the molecule is CCN(CC)S(=O)(=O)c1cccc(C(=O)N2CCN(c3nc4cccnc4s3)CC2)c1. The van der Waals surface area contributed by atoms with E-state index in [0.717, 1.165) is 15.5 Å². The van der Waals surface area contributed by atoms with Crippen LogP contribution in [0.1, 0.15) is 24.2 Å². The van der Waals surface area contributed by atoms with Crippen LogP contribution in [0.25, 0.3) is 10.3 Å². The quantitative estimate of drug-likeness (QED) is 0.563. The standard InChI is InChI=1S/C21H25N5O3S2/c1-3-26(4-2)31(28,29)17-8-5-7-16(15-17)20(27)24-11-13-25(14-12-24)21-23-18-9-6-10-22-19(18)30-21/h5-10,15H,3-4,11-14H2,1-2H3. The molecule has 0 unspecified atom stereocenters. The summed E-state index contributed by atoms with van der Waals surface area (Å²) in [5.41, 5.74) is 1.28. The van der Waals surface area contributed by atoms with E-state index in [4.69, 9.17) is 0 Å². The fraction of sp³-hybridized carbons (Fsp3) is 0.381. The molecule has 0 atom stereocenters. The molecule has 0 bridgehead atoms. The van der Waals surface area contributed by atoms with E-state index in [-0.39, 0.29) is 10.8 Å². The van der Waals surface area contributed by atoms with E-state index >= 15 is 0 Å². The van der Waals surface area contributed by atoms with Crippen molar-refractivity contribution in [3.05, 3.63) is 48.2 Å². The fourth-order valence-corrected chi connectivity index (χ4v) is 6.14. The summed E-state index contributed by atoms with van der Waals surface area (Å²) in [4.78, 5) is 27.0. The molecule has 10 heteroatoms. The lowest BCUT2D eigenvalue weighted by Gasteiger charge is -2.34. The predicted octanol–water partition coefficient (Wildman–Crippen LogP) is 2.68. The minimum atomic E-state index is -3.60. The maximum Gasteiger partial charge on any atom is 0.254 e. The Bertz CT molecular complexity index is 1150. The molecule has 0 spiro atoms. The number of benzene rings is 1. The number of aromatic nitrogens is 2. The number of rotatable bonds is 6. The number of piperazine rings is 1. The van der Waals surface area contributed by atoms with Crippen LogP contribution in [-0.4, -0.2) is 72.8 Å². The Kier molecular flexibility index (Phi) is 6.22. The summed E-state index contributed by atoms with van der Waals surface area (Å²) in [5, 5.41) is 0.910. The minimum absolute atomic E-state index is 0.151. The van der Waals surface area contributed by atoms with E-state index in [1.165, 1.54) is 10.4 Å². The Morgan fingerprint density at radius 3 is 2.52 bits per heavy atom. The number of fused-ring (bicyclic) bond motifs is 1. The van der Waals surface area contributed by atoms with E-state index in [0.29, 0.717) is 44.8 Å². The summed E-state index contributed by atoms with van der Waals surface area (Å²) in [5.74, 6) is -0.151. The first-order valence-electron chi connectivity index (χ1n) is 10.3. The summed E-state index contributed by atoms with van der Waals surface area (Å²) >= 11 is 1.55. The summed E-state index contributed by atoms with van der Waals surface area (Å²) in [7, 11) is -3.60. The first-order chi connectivity index (χ1) is 14.9. The van der Waals surface area contributed by atoms with Crippen molar-refractivity contribution in [2.24, 2.45) is 0 Å². The number of carbonyl (C=O) groups excluding carboxylic acids is 1. The molecule has 3 aromatic rings. The highest BCUT2D eigenvalue weighted by atomic mass is 32.2. The van der Waals surface area contributed by atoms with E-state index < -0.39 is 10.0 Å². The van der Waals surface area contributed by atoms with Crippen molar-refractivity contribution in [3.63, 3.8) is 0 Å². The van der Waals surface area contributed by atoms with Crippen molar-refractivity contribution in [1.29, 1.82) is 0 Å². The van der Waals surface area contributed by atoms with Crippen molar-refractivity contribution in [2.45, 2.75) is 18.7 Å². The molecule has 1 fully saturated rings. The molecule has 1 aliphatic rings. The lowest BCUT2D eigenvalue weighted by atomic mass is 10.2. The molecule has 164 valence electrons. The van der Waals surface area contributed by atoms with Gasteiger partial charge in [0.1, 0.15) is 10.3 Å². The number of sulfonamides is 1. The van der Waals surface area contributed by atoms with E-state index in [2.05, 4.69) is 14.9 Å². The lowest BCUT2D eigenvalue weighted by Crippen LogP contribution is -2.48. The van der Waals surface area contributed by atoms with Gasteiger partial charge in [-0.1, -0.05) is 31.3 Å². The van der Waals surface area contributed by atoms with Crippen molar-refractivity contribution in [1.82, 2.24) is 19.2 Å². The number of carbonyl (C=O) groups is 1. The van der Waals surface area contributed by atoms with Crippen LogP contribution >= 0.6 is 11.3 Å². The fourth-order valence-electron chi connectivity index (χ4n) is 3.68. The number of thiazole rings is 1. The summed E-state index contributed by atoms with van der Waals surface area (Å²) in [6.07, 6.45) is 1.76.